The average molecular weight is 339 g/mol. The molecule has 0 aromatic rings. The van der Waals surface area contributed by atoms with Gasteiger partial charge < -0.3 is 0 Å². The minimum Gasteiger partial charge on any atom is -0.0654 e. The summed E-state index contributed by atoms with van der Waals surface area (Å²) in [5.74, 6) is 0.967. The fourth-order valence-corrected chi connectivity index (χ4v) is 4.19. The van der Waals surface area contributed by atoms with E-state index in [0.29, 0.717) is 5.41 Å². The van der Waals surface area contributed by atoms with Crippen molar-refractivity contribution in [1.82, 2.24) is 0 Å². The van der Waals surface area contributed by atoms with Gasteiger partial charge in [-0.1, -0.05) is 131 Å². The molecule has 0 nitrogen and oxygen atoms in total. The van der Waals surface area contributed by atoms with Gasteiger partial charge in [-0.2, -0.15) is 0 Å². The van der Waals surface area contributed by atoms with E-state index in [1.54, 1.807) is 0 Å². The molecule has 0 bridgehead atoms. The van der Waals surface area contributed by atoms with Gasteiger partial charge in [-0.25, -0.2) is 0 Å². The lowest BCUT2D eigenvalue weighted by molar-refractivity contribution is 0.141. The molecule has 1 unspecified atom stereocenters. The van der Waals surface area contributed by atoms with E-state index in [0.717, 1.165) is 5.92 Å². The average Bonchev–Trinajstić information content (AvgIpc) is 2.61. The second-order valence-electron chi connectivity index (χ2n) is 8.52. The van der Waals surface area contributed by atoms with E-state index in [-0.39, 0.29) is 0 Å². The van der Waals surface area contributed by atoms with Gasteiger partial charge in [0.05, 0.1) is 0 Å². The van der Waals surface area contributed by atoms with Crippen molar-refractivity contribution in [3.8, 4) is 0 Å². The van der Waals surface area contributed by atoms with Crippen LogP contribution in [0.1, 0.15) is 144 Å². The van der Waals surface area contributed by atoms with Gasteiger partial charge in [0.15, 0.2) is 0 Å². The monoisotopic (exact) mass is 338 g/mol. The second-order valence-corrected chi connectivity index (χ2v) is 8.52. The molecule has 0 rings (SSSR count). The van der Waals surface area contributed by atoms with Crippen molar-refractivity contribution in [3.63, 3.8) is 0 Å². The maximum absolute atomic E-state index is 2.57. The van der Waals surface area contributed by atoms with E-state index in [1.807, 2.05) is 0 Å². The number of rotatable bonds is 18. The zero-order valence-electron chi connectivity index (χ0n) is 18.1. The predicted octanol–water partition coefficient (Wildman–Crippen LogP) is 9.32. The first-order valence-corrected chi connectivity index (χ1v) is 11.6. The van der Waals surface area contributed by atoms with Gasteiger partial charge in [-0.05, 0) is 24.2 Å². The van der Waals surface area contributed by atoms with Gasteiger partial charge in [0.25, 0.3) is 0 Å². The van der Waals surface area contributed by atoms with Gasteiger partial charge in [0.1, 0.15) is 0 Å². The van der Waals surface area contributed by atoms with Crippen LogP contribution in [-0.4, -0.2) is 0 Å². The topological polar surface area (TPSA) is 0 Å². The Morgan fingerprint density at radius 3 is 1.17 bits per heavy atom. The highest BCUT2D eigenvalue weighted by Gasteiger charge is 2.29. The summed E-state index contributed by atoms with van der Waals surface area (Å²) in [5.41, 5.74) is 0.589. The molecule has 0 saturated heterocycles. The first-order valence-electron chi connectivity index (χ1n) is 11.6. The molecule has 0 amide bonds. The van der Waals surface area contributed by atoms with Crippen LogP contribution in [0.15, 0.2) is 0 Å². The third kappa shape index (κ3) is 11.5. The van der Waals surface area contributed by atoms with E-state index in [9.17, 15) is 0 Å². The summed E-state index contributed by atoms with van der Waals surface area (Å²) >= 11 is 0. The normalized spacial score (nSPS) is 13.4. The first kappa shape index (κ1) is 24.0. The van der Waals surface area contributed by atoms with E-state index in [2.05, 4.69) is 34.6 Å². The van der Waals surface area contributed by atoms with Crippen LogP contribution in [0.5, 0.6) is 0 Å². The fourth-order valence-electron chi connectivity index (χ4n) is 4.19. The Hall–Kier alpha value is 0. The number of hydrogen-bond acceptors (Lipinski definition) is 0. The van der Waals surface area contributed by atoms with Crippen LogP contribution < -0.4 is 0 Å². The summed E-state index contributed by atoms with van der Waals surface area (Å²) in [7, 11) is 0. The summed E-state index contributed by atoms with van der Waals surface area (Å²) in [4.78, 5) is 0. The second kappa shape index (κ2) is 16.5. The fraction of sp³-hybridized carbons (Fsp3) is 1.00. The van der Waals surface area contributed by atoms with Gasteiger partial charge in [-0.15, -0.1) is 0 Å². The molecular formula is C24H50. The van der Waals surface area contributed by atoms with Crippen LogP contribution >= 0.6 is 0 Å². The van der Waals surface area contributed by atoms with Crippen LogP contribution in [-0.2, 0) is 0 Å². The molecule has 0 radical (unpaired) electrons. The summed E-state index contributed by atoms with van der Waals surface area (Å²) in [5, 5.41) is 0. The summed E-state index contributed by atoms with van der Waals surface area (Å²) in [6.45, 7) is 12.0. The molecule has 24 heavy (non-hydrogen) atoms. The van der Waals surface area contributed by atoms with Crippen molar-refractivity contribution in [1.29, 1.82) is 0 Å². The lowest BCUT2D eigenvalue weighted by Gasteiger charge is -2.37. The molecule has 0 N–H and O–H groups in total. The molecule has 0 fully saturated rings. The van der Waals surface area contributed by atoms with Crippen molar-refractivity contribution in [2.24, 2.45) is 11.3 Å². The Kier molecular flexibility index (Phi) is 16.5. The summed E-state index contributed by atoms with van der Waals surface area (Å²) < 4.78 is 0. The lowest BCUT2D eigenvalue weighted by Crippen LogP contribution is -2.26. The molecule has 0 aliphatic carbocycles. The molecule has 0 aromatic heterocycles. The van der Waals surface area contributed by atoms with Crippen molar-refractivity contribution >= 4 is 0 Å². The smallest absolute Gasteiger partial charge is 0.0303 e. The predicted molar refractivity (Wildman–Crippen MR) is 113 cm³/mol. The van der Waals surface area contributed by atoms with E-state index < -0.39 is 0 Å². The summed E-state index contributed by atoms with van der Waals surface area (Å²) in [6, 6.07) is 0. The Morgan fingerprint density at radius 1 is 0.500 bits per heavy atom. The maximum atomic E-state index is 2.57. The zero-order valence-corrected chi connectivity index (χ0v) is 18.1. The van der Waals surface area contributed by atoms with Crippen molar-refractivity contribution < 1.29 is 0 Å². The standard InChI is InChI=1S/C24H50/c1-6-10-12-14-16-18-20-22-23(24(5,8-3)9-4)21-19-17-15-13-11-7-2/h23H,6-22H2,1-5H3. The number of hydrogen-bond donors (Lipinski definition) is 0. The van der Waals surface area contributed by atoms with Crippen LogP contribution in [0.2, 0.25) is 0 Å². The zero-order chi connectivity index (χ0) is 18.1. The van der Waals surface area contributed by atoms with E-state index in [4.69, 9.17) is 0 Å². The highest BCUT2D eigenvalue weighted by Crippen LogP contribution is 2.41. The van der Waals surface area contributed by atoms with E-state index >= 15 is 0 Å². The van der Waals surface area contributed by atoms with Crippen LogP contribution in [0, 0.1) is 11.3 Å². The molecule has 0 heterocycles. The summed E-state index contributed by atoms with van der Waals surface area (Å²) in [6.07, 6.45) is 24.5. The maximum Gasteiger partial charge on any atom is -0.0303 e. The molecule has 146 valence electrons. The van der Waals surface area contributed by atoms with E-state index in [1.165, 1.54) is 109 Å². The molecule has 1 atom stereocenters. The quantitative estimate of drug-likeness (QED) is 0.218. The van der Waals surface area contributed by atoms with Crippen molar-refractivity contribution in [3.05, 3.63) is 0 Å². The van der Waals surface area contributed by atoms with Gasteiger partial charge >= 0.3 is 0 Å². The highest BCUT2D eigenvalue weighted by molar-refractivity contribution is 4.80. The largest absolute Gasteiger partial charge is 0.0654 e. The molecule has 0 saturated carbocycles. The van der Waals surface area contributed by atoms with Gasteiger partial charge in [0, 0.05) is 0 Å². The first-order chi connectivity index (χ1) is 11.6. The van der Waals surface area contributed by atoms with Crippen molar-refractivity contribution in [2.75, 3.05) is 0 Å². The van der Waals surface area contributed by atoms with Crippen LogP contribution in [0.3, 0.4) is 0 Å². The van der Waals surface area contributed by atoms with Crippen LogP contribution in [0.25, 0.3) is 0 Å². The third-order valence-electron chi connectivity index (χ3n) is 6.66. The Balaban J connectivity index is 4.06. The number of unbranched alkanes of at least 4 members (excludes halogenated alkanes) is 11. The molecule has 0 aromatic carbocycles. The van der Waals surface area contributed by atoms with Crippen molar-refractivity contribution in [2.45, 2.75) is 144 Å². The van der Waals surface area contributed by atoms with Gasteiger partial charge in [0.2, 0.25) is 0 Å². The van der Waals surface area contributed by atoms with Gasteiger partial charge in [-0.3, -0.25) is 0 Å². The Morgan fingerprint density at radius 2 is 0.833 bits per heavy atom. The molecular weight excluding hydrogens is 288 g/mol. The van der Waals surface area contributed by atoms with Crippen LogP contribution in [0.4, 0.5) is 0 Å². The molecule has 0 aliphatic heterocycles. The highest BCUT2D eigenvalue weighted by atomic mass is 14.3. The Bertz CT molecular complexity index is 238. The third-order valence-corrected chi connectivity index (χ3v) is 6.66. The minimum absolute atomic E-state index is 0.589. The molecule has 0 spiro atoms. The minimum atomic E-state index is 0.589. The Labute approximate surface area is 155 Å². The SMILES string of the molecule is CCCCCCCCCC(CCCCCCCC)C(C)(CC)CC. The molecule has 0 heteroatoms. The lowest BCUT2D eigenvalue weighted by atomic mass is 9.69. The molecule has 0 aliphatic rings.